The van der Waals surface area contributed by atoms with Crippen LogP contribution >= 0.6 is 0 Å². The van der Waals surface area contributed by atoms with E-state index in [-0.39, 0.29) is 40.8 Å². The largest absolute Gasteiger partial charge is 0.489 e. The van der Waals surface area contributed by atoms with Crippen LogP contribution in [0.2, 0.25) is 0 Å². The zero-order valence-corrected chi connectivity index (χ0v) is 25.1. The highest BCUT2D eigenvalue weighted by Crippen LogP contribution is 2.48. The number of nitrogens with one attached hydrogen (secondary N) is 1. The summed E-state index contributed by atoms with van der Waals surface area (Å²) in [6.07, 6.45) is -0.394. The predicted octanol–water partition coefficient (Wildman–Crippen LogP) is 4.73. The molecule has 244 valence electrons. The van der Waals surface area contributed by atoms with E-state index in [0.29, 0.717) is 5.75 Å². The number of benzene rings is 2. The summed E-state index contributed by atoms with van der Waals surface area (Å²) in [6.45, 7) is 1.49. The van der Waals surface area contributed by atoms with Crippen molar-refractivity contribution in [3.8, 4) is 22.8 Å². The maximum Gasteiger partial charge on any atom is 0.424 e. The number of amides is 2. The fourth-order valence-corrected chi connectivity index (χ4v) is 5.76. The number of anilines is 1. The predicted molar refractivity (Wildman–Crippen MR) is 160 cm³/mol. The zero-order valence-electron chi connectivity index (χ0n) is 25.1. The van der Waals surface area contributed by atoms with Crippen LogP contribution in [0.25, 0.3) is 11.3 Å². The van der Waals surface area contributed by atoms with Crippen LogP contribution in [0.3, 0.4) is 0 Å². The molecule has 46 heavy (non-hydrogen) atoms. The molecule has 2 atom stereocenters. The van der Waals surface area contributed by atoms with Crippen molar-refractivity contribution < 1.29 is 41.7 Å². The van der Waals surface area contributed by atoms with Crippen LogP contribution in [0, 0.1) is 5.82 Å². The van der Waals surface area contributed by atoms with Gasteiger partial charge in [0, 0.05) is 29.8 Å². The molecule has 2 fully saturated rings. The number of aromatic nitrogens is 1. The molecule has 3 heterocycles. The van der Waals surface area contributed by atoms with E-state index in [2.05, 4.69) is 15.2 Å². The van der Waals surface area contributed by atoms with E-state index < -0.39 is 47.1 Å². The topological polar surface area (TPSA) is 127 Å². The Morgan fingerprint density at radius 1 is 1.11 bits per heavy atom. The van der Waals surface area contributed by atoms with Crippen molar-refractivity contribution in [2.75, 3.05) is 31.1 Å². The maximum atomic E-state index is 14.8. The second-order valence-electron chi connectivity index (χ2n) is 12.3. The molecule has 0 bridgehead atoms. The number of carbonyl (C=O) groups is 2. The monoisotopic (exact) mass is 642 g/mol. The van der Waals surface area contributed by atoms with Gasteiger partial charge in [-0.05, 0) is 87.6 Å². The third kappa shape index (κ3) is 5.83. The van der Waals surface area contributed by atoms with Gasteiger partial charge < -0.3 is 30.5 Å². The van der Waals surface area contributed by atoms with Gasteiger partial charge in [0.1, 0.15) is 35.0 Å². The number of nitrogens with zero attached hydrogens (tertiary/aromatic N) is 2. The number of piperidine rings is 1. The van der Waals surface area contributed by atoms with E-state index >= 15 is 0 Å². The van der Waals surface area contributed by atoms with E-state index in [1.807, 2.05) is 0 Å². The Morgan fingerprint density at radius 3 is 2.43 bits per heavy atom. The summed E-state index contributed by atoms with van der Waals surface area (Å²) >= 11 is 0. The molecule has 13 heteroatoms. The van der Waals surface area contributed by atoms with Gasteiger partial charge in [-0.2, -0.15) is 13.2 Å². The molecule has 1 aromatic heterocycles. The molecule has 1 saturated carbocycles. The Kier molecular flexibility index (Phi) is 8.07. The van der Waals surface area contributed by atoms with Crippen LogP contribution in [0.5, 0.6) is 11.5 Å². The highest BCUT2D eigenvalue weighted by molar-refractivity contribution is 5.95. The molecule has 0 spiro atoms. The molecule has 9 nitrogen and oxygen atoms in total. The molecule has 1 saturated heterocycles. The molecule has 0 radical (unpaired) electrons. The molecule has 2 aliphatic heterocycles. The normalized spacial score (nSPS) is 20.8. The van der Waals surface area contributed by atoms with Gasteiger partial charge in [-0.15, -0.1) is 0 Å². The summed E-state index contributed by atoms with van der Waals surface area (Å²) in [4.78, 5) is 32.0. The minimum atomic E-state index is -5.33. The minimum absolute atomic E-state index is 0.0118. The SMILES string of the molecule is C[C@]1(C(N)=O)COc2c1cc(C(O)(CNC(=O)c1ccc(N3CCCCC3)c(OC3CC3)c1)C(F)(F)F)nc2-c1ccc(F)cc1. The average molecular weight is 643 g/mol. The maximum absolute atomic E-state index is 14.8. The lowest BCUT2D eigenvalue weighted by atomic mass is 9.81. The summed E-state index contributed by atoms with van der Waals surface area (Å²) in [5, 5.41) is 13.5. The van der Waals surface area contributed by atoms with Crippen molar-refractivity contribution in [3.05, 3.63) is 71.2 Å². The number of pyridine rings is 1. The number of rotatable bonds is 9. The first-order valence-corrected chi connectivity index (χ1v) is 15.2. The van der Waals surface area contributed by atoms with Gasteiger partial charge in [-0.25, -0.2) is 9.37 Å². The van der Waals surface area contributed by atoms with E-state index in [1.165, 1.54) is 31.2 Å². The zero-order chi connectivity index (χ0) is 32.9. The molecular weight excluding hydrogens is 608 g/mol. The fraction of sp³-hybridized carbons (Fsp3) is 0.424. The summed E-state index contributed by atoms with van der Waals surface area (Å²) in [5.41, 5.74) is 0.372. The number of ether oxygens (including phenoxy) is 2. The van der Waals surface area contributed by atoms with Crippen LogP contribution in [0.4, 0.5) is 23.2 Å². The van der Waals surface area contributed by atoms with E-state index in [0.717, 1.165) is 69.1 Å². The molecule has 3 aromatic rings. The van der Waals surface area contributed by atoms with E-state index in [9.17, 15) is 32.3 Å². The Morgan fingerprint density at radius 2 is 1.80 bits per heavy atom. The van der Waals surface area contributed by atoms with Crippen LogP contribution in [0.15, 0.2) is 48.5 Å². The third-order valence-electron chi connectivity index (χ3n) is 8.87. The summed E-state index contributed by atoms with van der Waals surface area (Å²) < 4.78 is 69.8. The summed E-state index contributed by atoms with van der Waals surface area (Å²) in [6, 6.07) is 10.4. The van der Waals surface area contributed by atoms with Gasteiger partial charge in [0.2, 0.25) is 11.5 Å². The number of fused-ring (bicyclic) bond motifs is 1. The van der Waals surface area contributed by atoms with Gasteiger partial charge >= 0.3 is 6.18 Å². The van der Waals surface area contributed by atoms with Gasteiger partial charge in [0.15, 0.2) is 0 Å². The van der Waals surface area contributed by atoms with Crippen LogP contribution in [0.1, 0.15) is 60.6 Å². The highest BCUT2D eigenvalue weighted by atomic mass is 19.4. The lowest BCUT2D eigenvalue weighted by Crippen LogP contribution is -2.51. The number of primary amides is 1. The molecule has 4 N–H and O–H groups in total. The number of hydrogen-bond acceptors (Lipinski definition) is 7. The number of aliphatic hydroxyl groups is 1. The van der Waals surface area contributed by atoms with Gasteiger partial charge in [-0.3, -0.25) is 9.59 Å². The molecule has 6 rings (SSSR count). The van der Waals surface area contributed by atoms with Crippen molar-refractivity contribution >= 4 is 17.5 Å². The quantitative estimate of drug-likeness (QED) is 0.288. The summed E-state index contributed by atoms with van der Waals surface area (Å²) in [7, 11) is 0. The number of nitrogens with two attached hydrogens (primary N) is 1. The highest BCUT2D eigenvalue weighted by Gasteiger charge is 2.57. The van der Waals surface area contributed by atoms with Crippen LogP contribution in [-0.4, -0.2) is 60.4 Å². The molecule has 1 aliphatic carbocycles. The standard InChI is InChI=1S/C33H34F4N4O5/c1-31(30(38)43)18-45-28-23(31)16-26(40-27(28)19-5-8-21(34)9-6-19)32(44,33(35,36)37)17-39-29(42)20-7-12-24(41-13-3-2-4-14-41)25(15-20)46-22-10-11-22/h5-9,12,15-16,22,44H,2-4,10-11,13-14,17-18H2,1H3,(H2,38,43)(H,39,42)/t31-,32?/m0/s1. The lowest BCUT2D eigenvalue weighted by Gasteiger charge is -2.32. The third-order valence-corrected chi connectivity index (χ3v) is 8.87. The van der Waals surface area contributed by atoms with E-state index in [1.54, 1.807) is 6.07 Å². The Balaban J connectivity index is 1.35. The Hall–Kier alpha value is -4.39. The number of alkyl halides is 3. The number of hydrogen-bond donors (Lipinski definition) is 3. The molecule has 2 amide bonds. The Labute approximate surface area is 262 Å². The van der Waals surface area contributed by atoms with Crippen molar-refractivity contribution in [2.24, 2.45) is 5.73 Å². The van der Waals surface area contributed by atoms with E-state index in [4.69, 9.17) is 15.2 Å². The summed E-state index contributed by atoms with van der Waals surface area (Å²) in [5.74, 6) is -1.85. The van der Waals surface area contributed by atoms with Gasteiger partial charge in [-0.1, -0.05) is 0 Å². The first-order chi connectivity index (χ1) is 21.8. The van der Waals surface area contributed by atoms with Crippen molar-refractivity contribution in [1.82, 2.24) is 10.3 Å². The smallest absolute Gasteiger partial charge is 0.424 e. The molecule has 3 aliphatic rings. The van der Waals surface area contributed by atoms with Crippen molar-refractivity contribution in [3.63, 3.8) is 0 Å². The van der Waals surface area contributed by atoms with Crippen LogP contribution < -0.4 is 25.4 Å². The van der Waals surface area contributed by atoms with Crippen molar-refractivity contribution in [1.29, 1.82) is 0 Å². The lowest BCUT2D eigenvalue weighted by molar-refractivity contribution is -0.265. The molecule has 1 unspecified atom stereocenters. The molecular formula is C33H34F4N4O5. The fourth-order valence-electron chi connectivity index (χ4n) is 5.76. The molecule has 2 aromatic carbocycles. The minimum Gasteiger partial charge on any atom is -0.489 e. The number of halogens is 4. The second kappa shape index (κ2) is 11.8. The van der Waals surface area contributed by atoms with Gasteiger partial charge in [0.05, 0.1) is 24.0 Å². The first kappa shape index (κ1) is 31.6. The van der Waals surface area contributed by atoms with Crippen LogP contribution in [-0.2, 0) is 15.8 Å². The average Bonchev–Trinajstić information content (AvgIpc) is 3.79. The second-order valence-corrected chi connectivity index (χ2v) is 12.3. The Bertz CT molecular complexity index is 1660. The number of carbonyl (C=O) groups excluding carboxylic acids is 2. The van der Waals surface area contributed by atoms with Crippen molar-refractivity contribution in [2.45, 2.75) is 62.3 Å². The van der Waals surface area contributed by atoms with Gasteiger partial charge in [0.25, 0.3) is 5.91 Å². The first-order valence-electron chi connectivity index (χ1n) is 15.2.